The van der Waals surface area contributed by atoms with Crippen molar-refractivity contribution >= 4 is 27.8 Å². The van der Waals surface area contributed by atoms with Gasteiger partial charge in [-0.25, -0.2) is 0 Å². The molecule has 0 unspecified atom stereocenters. The molecule has 1 amide bonds. The molecule has 3 nitrogen and oxygen atoms in total. The molecular formula is C15H18N2OS. The van der Waals surface area contributed by atoms with Gasteiger partial charge in [-0.3, -0.25) is 4.79 Å². The summed E-state index contributed by atoms with van der Waals surface area (Å²) in [6.07, 6.45) is 3.09. The van der Waals surface area contributed by atoms with E-state index in [9.17, 15) is 4.79 Å². The molecule has 100 valence electrons. The third-order valence-corrected chi connectivity index (χ3v) is 4.71. The summed E-state index contributed by atoms with van der Waals surface area (Å²) >= 11 is 1.59. The summed E-state index contributed by atoms with van der Waals surface area (Å²) in [6, 6.07) is 2.12. The van der Waals surface area contributed by atoms with Gasteiger partial charge in [-0.1, -0.05) is 20.4 Å². The lowest BCUT2D eigenvalue weighted by atomic mass is 9.75. The maximum atomic E-state index is 11.3. The first-order chi connectivity index (χ1) is 8.84. The second-order valence-corrected chi connectivity index (χ2v) is 6.93. The van der Waals surface area contributed by atoms with E-state index in [-0.39, 0.29) is 11.3 Å². The molecule has 0 fully saturated rings. The molecule has 1 aromatic rings. The topological polar surface area (TPSA) is 52.9 Å². The van der Waals surface area contributed by atoms with Crippen molar-refractivity contribution in [2.45, 2.75) is 40.0 Å². The molecule has 0 saturated heterocycles. The highest BCUT2D eigenvalue weighted by atomic mass is 32.1. The van der Waals surface area contributed by atoms with Gasteiger partial charge in [0.25, 0.3) is 0 Å². The first-order valence-corrected chi connectivity index (χ1v) is 7.17. The van der Waals surface area contributed by atoms with Crippen LogP contribution in [-0.4, -0.2) is 5.91 Å². The Kier molecular flexibility index (Phi) is 3.51. The van der Waals surface area contributed by atoms with Crippen molar-refractivity contribution in [3.63, 3.8) is 0 Å². The number of carbonyl (C=O) groups excluding carboxylic acids is 1. The fourth-order valence-electron chi connectivity index (χ4n) is 2.54. The lowest BCUT2D eigenvalue weighted by molar-refractivity contribution is -0.114. The van der Waals surface area contributed by atoms with Crippen LogP contribution in [0.2, 0.25) is 0 Å². The van der Waals surface area contributed by atoms with Crippen LogP contribution in [0.25, 0.3) is 5.57 Å². The molecule has 0 bridgehead atoms. The lowest BCUT2D eigenvalue weighted by Gasteiger charge is -2.29. The minimum Gasteiger partial charge on any atom is -0.317 e. The summed E-state index contributed by atoms with van der Waals surface area (Å²) in [4.78, 5) is 12.6. The number of allylic oxidation sites excluding steroid dienone is 1. The molecule has 0 atom stereocenters. The summed E-state index contributed by atoms with van der Waals surface area (Å²) < 4.78 is 0. The van der Waals surface area contributed by atoms with Gasteiger partial charge in [0, 0.05) is 17.4 Å². The molecule has 1 heterocycles. The quantitative estimate of drug-likeness (QED) is 0.835. The smallest absolute Gasteiger partial charge is 0.221 e. The Balaban J connectivity index is 2.54. The van der Waals surface area contributed by atoms with E-state index in [4.69, 9.17) is 5.26 Å². The SMILES string of the molecule is C=C(C#N)c1c(NC(C)=O)sc2c1CC(C)(C)CC2. The van der Waals surface area contributed by atoms with Gasteiger partial charge in [0.1, 0.15) is 5.00 Å². The number of nitriles is 1. The fraction of sp³-hybridized carbons (Fsp3) is 0.467. The molecule has 0 spiro atoms. The van der Waals surface area contributed by atoms with Gasteiger partial charge in [-0.2, -0.15) is 5.26 Å². The van der Waals surface area contributed by atoms with Crippen LogP contribution in [0.1, 0.15) is 43.2 Å². The van der Waals surface area contributed by atoms with Gasteiger partial charge in [-0.15, -0.1) is 11.3 Å². The van der Waals surface area contributed by atoms with E-state index in [0.29, 0.717) is 5.57 Å². The first-order valence-electron chi connectivity index (χ1n) is 6.35. The van der Waals surface area contributed by atoms with Gasteiger partial charge in [0.2, 0.25) is 5.91 Å². The maximum absolute atomic E-state index is 11.3. The highest BCUT2D eigenvalue weighted by Crippen LogP contribution is 2.45. The van der Waals surface area contributed by atoms with Crippen molar-refractivity contribution in [3.8, 4) is 6.07 Å². The highest BCUT2D eigenvalue weighted by Gasteiger charge is 2.31. The number of nitrogens with zero attached hydrogens (tertiary/aromatic N) is 1. The number of thiophene rings is 1. The molecule has 0 saturated carbocycles. The highest BCUT2D eigenvalue weighted by molar-refractivity contribution is 7.16. The Morgan fingerprint density at radius 3 is 2.79 bits per heavy atom. The summed E-state index contributed by atoms with van der Waals surface area (Å²) in [5.41, 5.74) is 2.74. The van der Waals surface area contributed by atoms with E-state index < -0.39 is 0 Å². The second kappa shape index (κ2) is 4.82. The summed E-state index contributed by atoms with van der Waals surface area (Å²) in [7, 11) is 0. The zero-order valence-electron chi connectivity index (χ0n) is 11.6. The molecule has 0 aliphatic heterocycles. The number of aryl methyl sites for hydroxylation is 1. The Labute approximate surface area is 117 Å². The normalized spacial score (nSPS) is 16.3. The van der Waals surface area contributed by atoms with Crippen molar-refractivity contribution in [3.05, 3.63) is 22.6 Å². The molecule has 2 rings (SSSR count). The number of hydrogen-bond acceptors (Lipinski definition) is 3. The van der Waals surface area contributed by atoms with Crippen LogP contribution in [0.3, 0.4) is 0 Å². The molecule has 0 radical (unpaired) electrons. The predicted molar refractivity (Wildman–Crippen MR) is 79.1 cm³/mol. The van der Waals surface area contributed by atoms with Crippen molar-refractivity contribution in [1.82, 2.24) is 0 Å². The Morgan fingerprint density at radius 1 is 1.53 bits per heavy atom. The maximum Gasteiger partial charge on any atom is 0.221 e. The Hall–Kier alpha value is -1.60. The number of amides is 1. The molecule has 1 aliphatic rings. The van der Waals surface area contributed by atoms with Crippen molar-refractivity contribution in [2.75, 3.05) is 5.32 Å². The van der Waals surface area contributed by atoms with Crippen molar-refractivity contribution in [1.29, 1.82) is 5.26 Å². The standard InChI is InChI=1S/C15H18N2OS/c1-9(8-16)13-11-7-15(3,4)6-5-12(11)19-14(13)17-10(2)18/h1,5-7H2,2-4H3,(H,17,18). The van der Waals surface area contributed by atoms with Crippen LogP contribution in [0.4, 0.5) is 5.00 Å². The van der Waals surface area contributed by atoms with Gasteiger partial charge < -0.3 is 5.32 Å². The number of anilines is 1. The zero-order chi connectivity index (χ0) is 14.2. The number of rotatable bonds is 2. The molecule has 1 aliphatic carbocycles. The van der Waals surface area contributed by atoms with Crippen molar-refractivity contribution in [2.24, 2.45) is 5.41 Å². The van der Waals surface area contributed by atoms with Gasteiger partial charge in [0.15, 0.2) is 0 Å². The largest absolute Gasteiger partial charge is 0.317 e. The van der Waals surface area contributed by atoms with Crippen LogP contribution in [0.15, 0.2) is 6.58 Å². The minimum atomic E-state index is -0.107. The number of hydrogen-bond donors (Lipinski definition) is 1. The first kappa shape index (κ1) is 13.8. The van der Waals surface area contributed by atoms with Crippen LogP contribution in [0.5, 0.6) is 0 Å². The van der Waals surface area contributed by atoms with E-state index in [1.54, 1.807) is 11.3 Å². The van der Waals surface area contributed by atoms with Gasteiger partial charge >= 0.3 is 0 Å². The van der Waals surface area contributed by atoms with Gasteiger partial charge in [-0.05, 0) is 30.2 Å². The average molecular weight is 274 g/mol. The Morgan fingerprint density at radius 2 is 2.21 bits per heavy atom. The summed E-state index contributed by atoms with van der Waals surface area (Å²) in [6.45, 7) is 9.80. The van der Waals surface area contributed by atoms with Crippen molar-refractivity contribution < 1.29 is 4.79 Å². The Bertz CT molecular complexity index is 590. The number of fused-ring (bicyclic) bond motifs is 1. The lowest BCUT2D eigenvalue weighted by Crippen LogP contribution is -2.21. The predicted octanol–water partition coefficient (Wildman–Crippen LogP) is 3.76. The average Bonchev–Trinajstić information content (AvgIpc) is 2.63. The minimum absolute atomic E-state index is 0.107. The number of nitrogens with one attached hydrogen (secondary N) is 1. The molecule has 4 heteroatoms. The zero-order valence-corrected chi connectivity index (χ0v) is 12.4. The molecule has 1 aromatic heterocycles. The van der Waals surface area contributed by atoms with E-state index >= 15 is 0 Å². The second-order valence-electron chi connectivity index (χ2n) is 5.82. The van der Waals surface area contributed by atoms with Crippen LogP contribution < -0.4 is 5.32 Å². The third kappa shape index (κ3) is 2.71. The van der Waals surface area contributed by atoms with E-state index in [1.807, 2.05) is 0 Å². The van der Waals surface area contributed by atoms with E-state index in [0.717, 1.165) is 29.8 Å². The number of carbonyl (C=O) groups is 1. The molecular weight excluding hydrogens is 256 g/mol. The van der Waals surface area contributed by atoms with Crippen LogP contribution >= 0.6 is 11.3 Å². The van der Waals surface area contributed by atoms with Crippen LogP contribution in [-0.2, 0) is 17.6 Å². The van der Waals surface area contributed by atoms with E-state index in [1.165, 1.54) is 17.4 Å². The summed E-state index contributed by atoms with van der Waals surface area (Å²) in [5, 5.41) is 12.8. The molecule has 19 heavy (non-hydrogen) atoms. The van der Waals surface area contributed by atoms with Gasteiger partial charge in [0.05, 0.1) is 11.6 Å². The molecule has 0 aromatic carbocycles. The monoisotopic (exact) mass is 274 g/mol. The molecule has 1 N–H and O–H groups in total. The van der Waals surface area contributed by atoms with Crippen LogP contribution in [0, 0.1) is 16.7 Å². The summed E-state index contributed by atoms with van der Waals surface area (Å²) in [5.74, 6) is -0.107. The third-order valence-electron chi connectivity index (χ3n) is 3.50. The fourth-order valence-corrected chi connectivity index (χ4v) is 3.83. The van der Waals surface area contributed by atoms with E-state index in [2.05, 4.69) is 31.8 Å².